The minimum atomic E-state index is -3.87. The number of rotatable bonds is 13. The lowest BCUT2D eigenvalue weighted by Gasteiger charge is -2.19. The highest BCUT2D eigenvalue weighted by Gasteiger charge is 2.23. The van der Waals surface area contributed by atoms with Gasteiger partial charge >= 0.3 is 17.1 Å². The van der Waals surface area contributed by atoms with Crippen molar-refractivity contribution in [3.05, 3.63) is 90.6 Å². The van der Waals surface area contributed by atoms with Gasteiger partial charge in [0.2, 0.25) is 9.84 Å². The number of aromatic nitrogens is 3. The van der Waals surface area contributed by atoms with Crippen LogP contribution in [0.1, 0.15) is 35.6 Å². The molecule has 2 N–H and O–H groups in total. The van der Waals surface area contributed by atoms with Gasteiger partial charge in [0.25, 0.3) is 0 Å². The van der Waals surface area contributed by atoms with Crippen LogP contribution in [0.25, 0.3) is 0 Å². The van der Waals surface area contributed by atoms with Gasteiger partial charge in [0.05, 0.1) is 42.6 Å². The molecule has 0 aliphatic carbocycles. The molecule has 1 heterocycles. The Morgan fingerprint density at radius 2 is 1.21 bits per heavy atom. The second-order valence-electron chi connectivity index (χ2n) is 10.5. The molecule has 0 saturated carbocycles. The summed E-state index contributed by atoms with van der Waals surface area (Å²) in [5.41, 5.74) is -0.396. The third kappa shape index (κ3) is 7.00. The molecule has 0 bridgehead atoms. The standard InChI is InChI=1S/C30H39N3O9S/c1-8-10-31-28(36)32(15-22(34)9-2)30(38)33(29(31)37)16-23(35)17-42-27-20(5)13-25(14-21(27)6)43(39,40)24-11-18(3)26(41-7)19(4)12-24/h8,11-14,22-23,34-35H,1,9-10,15-17H2,2-7H3. The molecule has 0 fully saturated rings. The van der Waals surface area contributed by atoms with E-state index in [0.717, 1.165) is 13.7 Å². The number of nitrogens with zero attached hydrogens (tertiary/aromatic N) is 3. The third-order valence-corrected chi connectivity index (χ3v) is 8.78. The number of benzene rings is 2. The second kappa shape index (κ2) is 13.6. The fraction of sp³-hybridized carbons (Fsp3) is 0.433. The first kappa shape index (κ1) is 33.6. The highest BCUT2D eigenvalue weighted by atomic mass is 32.2. The molecule has 2 atom stereocenters. The fourth-order valence-corrected chi connectivity index (χ4v) is 6.48. The number of allylic oxidation sites excluding steroid dienone is 1. The van der Waals surface area contributed by atoms with Gasteiger partial charge in [0.1, 0.15) is 24.2 Å². The van der Waals surface area contributed by atoms with Crippen LogP contribution in [0.15, 0.2) is 61.1 Å². The molecule has 1 aromatic heterocycles. The minimum absolute atomic E-state index is 0.0743. The Hall–Kier alpha value is -3.94. The van der Waals surface area contributed by atoms with E-state index in [9.17, 15) is 33.0 Å². The first-order valence-corrected chi connectivity index (χ1v) is 15.2. The predicted octanol–water partition coefficient (Wildman–Crippen LogP) is 1.64. The van der Waals surface area contributed by atoms with Crippen molar-refractivity contribution in [2.24, 2.45) is 0 Å². The zero-order valence-corrected chi connectivity index (χ0v) is 26.1. The Bertz CT molecular complexity index is 1760. The summed E-state index contributed by atoms with van der Waals surface area (Å²) in [6.45, 7) is 10.8. The summed E-state index contributed by atoms with van der Waals surface area (Å²) in [6, 6.07) is 6.08. The van der Waals surface area contributed by atoms with E-state index in [1.165, 1.54) is 25.3 Å². The lowest BCUT2D eigenvalue weighted by atomic mass is 10.1. The van der Waals surface area contributed by atoms with Crippen LogP contribution in [0.4, 0.5) is 0 Å². The molecule has 0 spiro atoms. The van der Waals surface area contributed by atoms with Crippen molar-refractivity contribution < 1.29 is 28.1 Å². The first-order valence-electron chi connectivity index (χ1n) is 13.7. The van der Waals surface area contributed by atoms with Crippen molar-refractivity contribution in [3.8, 4) is 11.5 Å². The normalized spacial score (nSPS) is 13.0. The smallest absolute Gasteiger partial charge is 0.336 e. The lowest BCUT2D eigenvalue weighted by molar-refractivity contribution is 0.0871. The molecule has 234 valence electrons. The molecule has 13 heteroatoms. The van der Waals surface area contributed by atoms with Gasteiger partial charge in [-0.15, -0.1) is 6.58 Å². The zero-order valence-electron chi connectivity index (χ0n) is 25.3. The average molecular weight is 618 g/mol. The molecule has 0 aliphatic heterocycles. The first-order chi connectivity index (χ1) is 20.2. The van der Waals surface area contributed by atoms with Crippen LogP contribution in [0.2, 0.25) is 0 Å². The third-order valence-electron chi connectivity index (χ3n) is 7.07. The maximum Gasteiger partial charge on any atom is 0.336 e. The topological polar surface area (TPSA) is 159 Å². The number of methoxy groups -OCH3 is 1. The quantitative estimate of drug-likeness (QED) is 0.272. The van der Waals surface area contributed by atoms with Crippen molar-refractivity contribution >= 4 is 9.84 Å². The van der Waals surface area contributed by atoms with E-state index in [-0.39, 0.29) is 35.9 Å². The van der Waals surface area contributed by atoms with Crippen LogP contribution >= 0.6 is 0 Å². The predicted molar refractivity (Wildman–Crippen MR) is 161 cm³/mol. The molecule has 43 heavy (non-hydrogen) atoms. The van der Waals surface area contributed by atoms with Gasteiger partial charge in [0, 0.05) is 0 Å². The highest BCUT2D eigenvalue weighted by Crippen LogP contribution is 2.33. The fourth-order valence-electron chi connectivity index (χ4n) is 4.88. The summed E-state index contributed by atoms with van der Waals surface area (Å²) in [5.74, 6) is 0.959. The Morgan fingerprint density at radius 1 is 0.791 bits per heavy atom. The monoisotopic (exact) mass is 617 g/mol. The number of hydrogen-bond donors (Lipinski definition) is 2. The number of ether oxygens (including phenoxy) is 2. The van der Waals surface area contributed by atoms with E-state index in [2.05, 4.69) is 6.58 Å². The van der Waals surface area contributed by atoms with E-state index in [4.69, 9.17) is 9.47 Å². The van der Waals surface area contributed by atoms with Gasteiger partial charge in [0.15, 0.2) is 0 Å². The minimum Gasteiger partial charge on any atom is -0.496 e. The van der Waals surface area contributed by atoms with E-state index >= 15 is 0 Å². The Kier molecular flexibility index (Phi) is 10.6. The van der Waals surface area contributed by atoms with Crippen molar-refractivity contribution in [1.82, 2.24) is 13.7 Å². The largest absolute Gasteiger partial charge is 0.496 e. The van der Waals surface area contributed by atoms with Crippen LogP contribution in [0.5, 0.6) is 11.5 Å². The summed E-state index contributed by atoms with van der Waals surface area (Å²) in [6.07, 6.45) is -0.736. The number of hydrogen-bond acceptors (Lipinski definition) is 9. The number of sulfone groups is 1. The van der Waals surface area contributed by atoms with Crippen LogP contribution in [-0.2, 0) is 29.5 Å². The SMILES string of the molecule is C=CCn1c(=O)n(CC(O)CC)c(=O)n(CC(O)COc2c(C)cc(S(=O)(=O)c3cc(C)c(OC)c(C)c3)cc2C)c1=O. The molecule has 0 aliphatic rings. The zero-order chi connectivity index (χ0) is 32.2. The molecule has 3 rings (SSSR count). The molecule has 0 amide bonds. The van der Waals surface area contributed by atoms with Crippen LogP contribution in [-0.4, -0.2) is 58.3 Å². The van der Waals surface area contributed by atoms with E-state index in [0.29, 0.717) is 33.8 Å². The molecular weight excluding hydrogens is 578 g/mol. The Morgan fingerprint density at radius 3 is 1.63 bits per heavy atom. The molecule has 2 aromatic carbocycles. The van der Waals surface area contributed by atoms with Gasteiger partial charge in [-0.25, -0.2) is 36.5 Å². The summed E-state index contributed by atoms with van der Waals surface area (Å²) >= 11 is 0. The van der Waals surface area contributed by atoms with Gasteiger partial charge in [-0.1, -0.05) is 13.0 Å². The van der Waals surface area contributed by atoms with Gasteiger partial charge < -0.3 is 19.7 Å². The van der Waals surface area contributed by atoms with Crippen molar-refractivity contribution in [3.63, 3.8) is 0 Å². The van der Waals surface area contributed by atoms with Gasteiger partial charge in [-0.3, -0.25) is 0 Å². The molecule has 0 saturated heterocycles. The Balaban J connectivity index is 1.88. The van der Waals surface area contributed by atoms with Crippen molar-refractivity contribution in [1.29, 1.82) is 0 Å². The molecular formula is C30H39N3O9S. The van der Waals surface area contributed by atoms with Crippen molar-refractivity contribution in [2.75, 3.05) is 13.7 Å². The van der Waals surface area contributed by atoms with Crippen molar-refractivity contribution in [2.45, 2.75) is 82.7 Å². The molecule has 3 aromatic rings. The van der Waals surface area contributed by atoms with Crippen LogP contribution in [0.3, 0.4) is 0 Å². The number of aliphatic hydroxyl groups excluding tert-OH is 2. The van der Waals surface area contributed by atoms with E-state index in [1.807, 2.05) is 0 Å². The Labute approximate surface area is 250 Å². The van der Waals surface area contributed by atoms with E-state index in [1.54, 1.807) is 46.8 Å². The second-order valence-corrected chi connectivity index (χ2v) is 12.4. The van der Waals surface area contributed by atoms with Gasteiger partial charge in [-0.2, -0.15) is 0 Å². The maximum absolute atomic E-state index is 13.5. The molecule has 12 nitrogen and oxygen atoms in total. The maximum atomic E-state index is 13.5. The highest BCUT2D eigenvalue weighted by molar-refractivity contribution is 7.91. The summed E-state index contributed by atoms with van der Waals surface area (Å²) in [7, 11) is -2.34. The molecule has 2 unspecified atom stereocenters. The number of aliphatic hydroxyl groups is 2. The van der Waals surface area contributed by atoms with E-state index < -0.39 is 45.7 Å². The number of aryl methyl sites for hydroxylation is 4. The summed E-state index contributed by atoms with van der Waals surface area (Å²) in [5, 5.41) is 20.8. The summed E-state index contributed by atoms with van der Waals surface area (Å²) in [4.78, 5) is 38.9. The molecule has 0 radical (unpaired) electrons. The summed E-state index contributed by atoms with van der Waals surface area (Å²) < 4.78 is 40.4. The van der Waals surface area contributed by atoms with Crippen LogP contribution < -0.4 is 26.5 Å². The average Bonchev–Trinajstić information content (AvgIpc) is 2.94. The lowest BCUT2D eigenvalue weighted by Crippen LogP contribution is -2.56. The van der Waals surface area contributed by atoms with Gasteiger partial charge in [-0.05, 0) is 80.6 Å². The van der Waals surface area contributed by atoms with Crippen LogP contribution in [0, 0.1) is 27.7 Å².